The molecule has 1 aromatic carbocycles. The Balaban J connectivity index is 1.39. The predicted octanol–water partition coefficient (Wildman–Crippen LogP) is 3.25. The number of anilines is 1. The maximum atomic E-state index is 6.23. The van der Waals surface area contributed by atoms with E-state index in [0.29, 0.717) is 12.5 Å². The average Bonchev–Trinajstić information content (AvgIpc) is 3.42. The van der Waals surface area contributed by atoms with Crippen LogP contribution in [0, 0.1) is 12.8 Å². The third-order valence-electron chi connectivity index (χ3n) is 6.09. The number of guanidine groups is 1. The molecule has 31 heavy (non-hydrogen) atoms. The summed E-state index contributed by atoms with van der Waals surface area (Å²) < 4.78 is 7.83. The number of hydrogen-bond donors (Lipinski definition) is 1. The van der Waals surface area contributed by atoms with Gasteiger partial charge in [-0.25, -0.2) is 0 Å². The van der Waals surface area contributed by atoms with Crippen molar-refractivity contribution in [2.24, 2.45) is 18.0 Å². The molecule has 3 heterocycles. The Hall–Kier alpha value is -2.25. The van der Waals surface area contributed by atoms with Crippen LogP contribution in [0.25, 0.3) is 0 Å². The second kappa shape index (κ2) is 9.92. The molecule has 2 saturated heterocycles. The van der Waals surface area contributed by atoms with E-state index in [1.807, 2.05) is 30.2 Å². The lowest BCUT2D eigenvalue weighted by Crippen LogP contribution is -2.48. The first kappa shape index (κ1) is 22.0. The Bertz CT molecular complexity index is 913. The number of aliphatic imine (C=N–C) groups is 1. The molecule has 0 spiro atoms. The van der Waals surface area contributed by atoms with Crippen molar-refractivity contribution in [3.63, 3.8) is 0 Å². The van der Waals surface area contributed by atoms with Crippen LogP contribution in [0.1, 0.15) is 30.6 Å². The molecule has 2 aliphatic rings. The van der Waals surface area contributed by atoms with Crippen molar-refractivity contribution in [2.45, 2.75) is 26.4 Å². The van der Waals surface area contributed by atoms with Gasteiger partial charge in [-0.3, -0.25) is 9.67 Å². The summed E-state index contributed by atoms with van der Waals surface area (Å²) in [5, 5.41) is 8.57. The number of ether oxygens (including phenoxy) is 1. The normalized spacial score (nSPS) is 22.3. The van der Waals surface area contributed by atoms with Gasteiger partial charge in [0.15, 0.2) is 5.96 Å². The van der Waals surface area contributed by atoms with Gasteiger partial charge in [-0.05, 0) is 43.9 Å². The Morgan fingerprint density at radius 3 is 2.97 bits per heavy atom. The van der Waals surface area contributed by atoms with E-state index in [1.165, 1.54) is 11.3 Å². The largest absolute Gasteiger partial charge is 0.371 e. The molecule has 2 fully saturated rings. The lowest BCUT2D eigenvalue weighted by atomic mass is 10.1. The van der Waals surface area contributed by atoms with E-state index in [4.69, 9.17) is 21.3 Å². The van der Waals surface area contributed by atoms with Crippen LogP contribution in [0.15, 0.2) is 35.6 Å². The van der Waals surface area contributed by atoms with Crippen LogP contribution >= 0.6 is 11.6 Å². The van der Waals surface area contributed by atoms with Gasteiger partial charge in [-0.1, -0.05) is 17.7 Å². The quantitative estimate of drug-likeness (QED) is 0.566. The first-order valence-electron chi connectivity index (χ1n) is 11.2. The van der Waals surface area contributed by atoms with Gasteiger partial charge >= 0.3 is 0 Å². The molecule has 2 aliphatic heterocycles. The fourth-order valence-electron chi connectivity index (χ4n) is 4.41. The van der Waals surface area contributed by atoms with Crippen molar-refractivity contribution in [3.05, 3.63) is 46.7 Å². The number of hydrogen-bond acceptors (Lipinski definition) is 4. The molecule has 1 N–H and O–H groups in total. The third-order valence-corrected chi connectivity index (χ3v) is 6.33. The Labute approximate surface area is 190 Å². The van der Waals surface area contributed by atoms with E-state index in [1.54, 1.807) is 0 Å². The molecule has 0 radical (unpaired) electrons. The molecule has 4 rings (SSSR count). The van der Waals surface area contributed by atoms with E-state index < -0.39 is 0 Å². The molecule has 0 amide bonds. The highest BCUT2D eigenvalue weighted by Crippen LogP contribution is 2.29. The van der Waals surface area contributed by atoms with Gasteiger partial charge in [0.25, 0.3) is 0 Å². The van der Waals surface area contributed by atoms with Crippen molar-refractivity contribution in [3.8, 4) is 0 Å². The van der Waals surface area contributed by atoms with Crippen molar-refractivity contribution in [2.75, 3.05) is 50.8 Å². The highest BCUT2D eigenvalue weighted by Gasteiger charge is 2.27. The topological polar surface area (TPSA) is 57.9 Å². The molecule has 0 bridgehead atoms. The molecule has 0 aliphatic carbocycles. The number of rotatable bonds is 5. The summed E-state index contributed by atoms with van der Waals surface area (Å²) in [5.74, 6) is 1.53. The SMILES string of the molecule is CCNC(=NCC1CCN(c2cc(Cl)ccc2C)C1)N1CCOC(c2cnn(C)c2)C1. The van der Waals surface area contributed by atoms with E-state index in [0.717, 1.165) is 62.2 Å². The van der Waals surface area contributed by atoms with Crippen LogP contribution in [-0.2, 0) is 11.8 Å². The van der Waals surface area contributed by atoms with Crippen LogP contribution in [0.3, 0.4) is 0 Å². The van der Waals surface area contributed by atoms with Gasteiger partial charge in [0.05, 0.1) is 19.3 Å². The zero-order chi connectivity index (χ0) is 21.8. The minimum absolute atomic E-state index is 0.0269. The minimum Gasteiger partial charge on any atom is -0.371 e. The predicted molar refractivity (Wildman–Crippen MR) is 126 cm³/mol. The van der Waals surface area contributed by atoms with Crippen LogP contribution in [0.5, 0.6) is 0 Å². The number of nitrogens with zero attached hydrogens (tertiary/aromatic N) is 5. The summed E-state index contributed by atoms with van der Waals surface area (Å²) >= 11 is 6.23. The van der Waals surface area contributed by atoms with Crippen molar-refractivity contribution < 1.29 is 4.74 Å². The minimum atomic E-state index is 0.0269. The fourth-order valence-corrected chi connectivity index (χ4v) is 4.58. The maximum absolute atomic E-state index is 6.23. The molecule has 1 aromatic heterocycles. The van der Waals surface area contributed by atoms with Gasteiger partial charge in [0, 0.05) is 62.2 Å². The first-order valence-corrected chi connectivity index (χ1v) is 11.6. The number of morpholine rings is 1. The lowest BCUT2D eigenvalue weighted by molar-refractivity contribution is -0.00805. The number of nitrogens with one attached hydrogen (secondary N) is 1. The number of benzene rings is 1. The Morgan fingerprint density at radius 2 is 2.19 bits per heavy atom. The molecule has 2 aromatic rings. The highest BCUT2D eigenvalue weighted by molar-refractivity contribution is 6.30. The average molecular weight is 445 g/mol. The summed E-state index contributed by atoms with van der Waals surface area (Å²) in [5.41, 5.74) is 3.64. The second-order valence-corrected chi connectivity index (χ2v) is 8.92. The Morgan fingerprint density at radius 1 is 1.32 bits per heavy atom. The first-order chi connectivity index (χ1) is 15.0. The summed E-state index contributed by atoms with van der Waals surface area (Å²) in [6, 6.07) is 6.14. The van der Waals surface area contributed by atoms with Gasteiger partial charge in [0.1, 0.15) is 6.10 Å². The summed E-state index contributed by atoms with van der Waals surface area (Å²) in [6.45, 7) is 10.3. The molecule has 2 atom stereocenters. The van der Waals surface area contributed by atoms with Gasteiger partial charge in [-0.2, -0.15) is 5.10 Å². The number of halogens is 1. The fraction of sp³-hybridized carbons (Fsp3) is 0.565. The molecule has 0 saturated carbocycles. The zero-order valence-corrected chi connectivity index (χ0v) is 19.5. The second-order valence-electron chi connectivity index (χ2n) is 8.48. The van der Waals surface area contributed by atoms with Crippen LogP contribution < -0.4 is 10.2 Å². The van der Waals surface area contributed by atoms with Gasteiger partial charge in [-0.15, -0.1) is 0 Å². The summed E-state index contributed by atoms with van der Waals surface area (Å²) in [7, 11) is 1.94. The van der Waals surface area contributed by atoms with E-state index in [9.17, 15) is 0 Å². The smallest absolute Gasteiger partial charge is 0.194 e. The van der Waals surface area contributed by atoms with Crippen LogP contribution in [0.4, 0.5) is 5.69 Å². The van der Waals surface area contributed by atoms with Gasteiger partial charge < -0.3 is 19.9 Å². The van der Waals surface area contributed by atoms with E-state index >= 15 is 0 Å². The lowest BCUT2D eigenvalue weighted by Gasteiger charge is -2.35. The van der Waals surface area contributed by atoms with Gasteiger partial charge in [0.2, 0.25) is 0 Å². The molecule has 8 heteroatoms. The number of aromatic nitrogens is 2. The highest BCUT2D eigenvalue weighted by atomic mass is 35.5. The number of aryl methyl sites for hydroxylation is 2. The maximum Gasteiger partial charge on any atom is 0.194 e. The standard InChI is InChI=1S/C23H33ClN6O/c1-4-25-23(30-9-10-31-22(16-30)19-13-27-28(3)15-19)26-12-18-7-8-29(14-18)21-11-20(24)6-5-17(21)2/h5-6,11,13,15,18,22H,4,7-10,12,14,16H2,1-3H3,(H,25,26). The summed E-state index contributed by atoms with van der Waals surface area (Å²) in [4.78, 5) is 9.79. The molecule has 168 valence electrons. The third kappa shape index (κ3) is 5.33. The van der Waals surface area contributed by atoms with E-state index in [2.05, 4.69) is 46.2 Å². The monoisotopic (exact) mass is 444 g/mol. The summed E-state index contributed by atoms with van der Waals surface area (Å²) in [6.07, 6.45) is 5.10. The zero-order valence-electron chi connectivity index (χ0n) is 18.7. The van der Waals surface area contributed by atoms with Crippen molar-refractivity contribution in [1.82, 2.24) is 20.0 Å². The van der Waals surface area contributed by atoms with Crippen molar-refractivity contribution >= 4 is 23.2 Å². The molecule has 2 unspecified atom stereocenters. The molecule has 7 nitrogen and oxygen atoms in total. The Kier molecular flexibility index (Phi) is 7.02. The molecular weight excluding hydrogens is 412 g/mol. The van der Waals surface area contributed by atoms with Crippen molar-refractivity contribution in [1.29, 1.82) is 0 Å². The molecular formula is C23H33ClN6O. The van der Waals surface area contributed by atoms with Crippen LogP contribution in [-0.4, -0.2) is 66.5 Å². The van der Waals surface area contributed by atoms with Crippen LogP contribution in [0.2, 0.25) is 5.02 Å². The van der Waals surface area contributed by atoms with E-state index in [-0.39, 0.29) is 6.10 Å².